The molecule has 170 valence electrons. The molecule has 1 heterocycles. The van der Waals surface area contributed by atoms with E-state index < -0.39 is 6.04 Å². The maximum absolute atomic E-state index is 13.2. The van der Waals surface area contributed by atoms with Gasteiger partial charge in [-0.25, -0.2) is 0 Å². The van der Waals surface area contributed by atoms with Gasteiger partial charge in [-0.1, -0.05) is 54.6 Å². The van der Waals surface area contributed by atoms with Gasteiger partial charge >= 0.3 is 0 Å². The number of hydrogen-bond acceptors (Lipinski definition) is 4. The number of nitrogens with one attached hydrogen (secondary N) is 1. The van der Waals surface area contributed by atoms with E-state index in [9.17, 15) is 9.59 Å². The summed E-state index contributed by atoms with van der Waals surface area (Å²) in [7, 11) is 1.62. The smallest absolute Gasteiger partial charge is 0.254 e. The number of rotatable bonds is 8. The molecule has 0 spiro atoms. The molecule has 33 heavy (non-hydrogen) atoms. The first-order chi connectivity index (χ1) is 16.2. The predicted octanol–water partition coefficient (Wildman–Crippen LogP) is 3.56. The van der Waals surface area contributed by atoms with Crippen LogP contribution >= 0.6 is 0 Å². The molecule has 1 saturated heterocycles. The molecule has 0 aliphatic carbocycles. The number of nitrogens with zero attached hydrogens (tertiary/aromatic N) is 1. The fourth-order valence-corrected chi connectivity index (χ4v) is 3.95. The minimum atomic E-state index is -0.550. The number of carbonyl (C=O) groups is 2. The van der Waals surface area contributed by atoms with Gasteiger partial charge in [0.25, 0.3) is 5.91 Å². The SMILES string of the molecule is COCCOc1ccc(C(=O)N2CCNC(=O)C2Cc2ccc(-c3ccccc3)cc2)cc1. The van der Waals surface area contributed by atoms with Crippen LogP contribution in [0.5, 0.6) is 5.75 Å². The molecule has 6 heteroatoms. The summed E-state index contributed by atoms with van der Waals surface area (Å²) in [4.78, 5) is 27.6. The van der Waals surface area contributed by atoms with Crippen molar-refractivity contribution < 1.29 is 19.1 Å². The molecule has 4 rings (SSSR count). The molecule has 0 bridgehead atoms. The summed E-state index contributed by atoms with van der Waals surface area (Å²) in [5.41, 5.74) is 3.81. The second-order valence-electron chi connectivity index (χ2n) is 7.94. The lowest BCUT2D eigenvalue weighted by molar-refractivity contribution is -0.127. The van der Waals surface area contributed by atoms with Crippen LogP contribution in [0.1, 0.15) is 15.9 Å². The molecule has 1 atom stereocenters. The van der Waals surface area contributed by atoms with Crippen molar-refractivity contribution in [2.24, 2.45) is 0 Å². The first-order valence-electron chi connectivity index (χ1n) is 11.1. The van der Waals surface area contributed by atoms with Crippen LogP contribution in [0.2, 0.25) is 0 Å². The van der Waals surface area contributed by atoms with Crippen LogP contribution < -0.4 is 10.1 Å². The lowest BCUT2D eigenvalue weighted by atomic mass is 9.98. The number of ether oxygens (including phenoxy) is 2. The minimum absolute atomic E-state index is 0.124. The Morgan fingerprint density at radius 2 is 1.64 bits per heavy atom. The number of methoxy groups -OCH3 is 1. The van der Waals surface area contributed by atoms with E-state index in [2.05, 4.69) is 29.6 Å². The van der Waals surface area contributed by atoms with Gasteiger partial charge in [-0.3, -0.25) is 9.59 Å². The second kappa shape index (κ2) is 10.8. The van der Waals surface area contributed by atoms with E-state index in [1.807, 2.05) is 30.3 Å². The molecule has 1 unspecified atom stereocenters. The Kier molecular flexibility index (Phi) is 7.37. The molecule has 0 saturated carbocycles. The van der Waals surface area contributed by atoms with Crippen LogP contribution in [-0.4, -0.2) is 56.2 Å². The van der Waals surface area contributed by atoms with Crippen molar-refractivity contribution in [3.8, 4) is 16.9 Å². The normalized spacial score (nSPS) is 15.7. The van der Waals surface area contributed by atoms with Gasteiger partial charge in [0, 0.05) is 32.2 Å². The topological polar surface area (TPSA) is 67.9 Å². The number of carbonyl (C=O) groups excluding carboxylic acids is 2. The van der Waals surface area contributed by atoms with Crippen LogP contribution in [0, 0.1) is 0 Å². The summed E-state index contributed by atoms with van der Waals surface area (Å²) in [5, 5.41) is 2.90. The average molecular weight is 445 g/mol. The second-order valence-corrected chi connectivity index (χ2v) is 7.94. The summed E-state index contributed by atoms with van der Waals surface area (Å²) >= 11 is 0. The predicted molar refractivity (Wildman–Crippen MR) is 127 cm³/mol. The van der Waals surface area contributed by atoms with Crippen molar-refractivity contribution in [3.05, 3.63) is 90.0 Å². The van der Waals surface area contributed by atoms with Crippen molar-refractivity contribution >= 4 is 11.8 Å². The van der Waals surface area contributed by atoms with Crippen molar-refractivity contribution in [1.82, 2.24) is 10.2 Å². The first-order valence-corrected chi connectivity index (χ1v) is 11.1. The molecule has 2 amide bonds. The van der Waals surface area contributed by atoms with Crippen LogP contribution in [0.4, 0.5) is 0 Å². The molecule has 1 aliphatic heterocycles. The van der Waals surface area contributed by atoms with E-state index in [-0.39, 0.29) is 11.8 Å². The van der Waals surface area contributed by atoms with Gasteiger partial charge in [0.2, 0.25) is 5.91 Å². The Morgan fingerprint density at radius 1 is 0.939 bits per heavy atom. The van der Waals surface area contributed by atoms with Gasteiger partial charge in [-0.15, -0.1) is 0 Å². The van der Waals surface area contributed by atoms with E-state index in [1.165, 1.54) is 0 Å². The molecule has 6 nitrogen and oxygen atoms in total. The average Bonchev–Trinajstić information content (AvgIpc) is 2.86. The highest BCUT2D eigenvalue weighted by molar-refractivity contribution is 5.98. The number of hydrogen-bond donors (Lipinski definition) is 1. The molecular formula is C27H28N2O4. The van der Waals surface area contributed by atoms with Crippen LogP contribution in [-0.2, 0) is 16.0 Å². The number of benzene rings is 3. The molecule has 0 radical (unpaired) electrons. The highest BCUT2D eigenvalue weighted by Crippen LogP contribution is 2.22. The van der Waals surface area contributed by atoms with Crippen molar-refractivity contribution in [3.63, 3.8) is 0 Å². The lowest BCUT2D eigenvalue weighted by Crippen LogP contribution is -2.58. The van der Waals surface area contributed by atoms with Crippen LogP contribution in [0.15, 0.2) is 78.9 Å². The van der Waals surface area contributed by atoms with E-state index >= 15 is 0 Å². The fourth-order valence-electron chi connectivity index (χ4n) is 3.95. The zero-order valence-corrected chi connectivity index (χ0v) is 18.7. The Hall–Kier alpha value is -3.64. The largest absolute Gasteiger partial charge is 0.491 e. The van der Waals surface area contributed by atoms with Gasteiger partial charge in [-0.05, 0) is 41.0 Å². The quantitative estimate of drug-likeness (QED) is 0.540. The molecule has 3 aromatic carbocycles. The first kappa shape index (κ1) is 22.6. The summed E-state index contributed by atoms with van der Waals surface area (Å²) in [6, 6.07) is 24.8. The minimum Gasteiger partial charge on any atom is -0.491 e. The van der Waals surface area contributed by atoms with Gasteiger partial charge in [-0.2, -0.15) is 0 Å². The maximum Gasteiger partial charge on any atom is 0.254 e. The molecule has 0 aromatic heterocycles. The van der Waals surface area contributed by atoms with Crippen LogP contribution in [0.25, 0.3) is 11.1 Å². The zero-order chi connectivity index (χ0) is 23.0. The highest BCUT2D eigenvalue weighted by Gasteiger charge is 2.33. The summed E-state index contributed by atoms with van der Waals surface area (Å²) < 4.78 is 10.6. The third kappa shape index (κ3) is 5.59. The summed E-state index contributed by atoms with van der Waals surface area (Å²) in [5.74, 6) is 0.399. The third-order valence-corrected chi connectivity index (χ3v) is 5.74. The highest BCUT2D eigenvalue weighted by atomic mass is 16.5. The van der Waals surface area contributed by atoms with E-state index in [0.29, 0.717) is 44.0 Å². The van der Waals surface area contributed by atoms with Crippen molar-refractivity contribution in [1.29, 1.82) is 0 Å². The third-order valence-electron chi connectivity index (χ3n) is 5.74. The van der Waals surface area contributed by atoms with Crippen LogP contribution in [0.3, 0.4) is 0 Å². The van der Waals surface area contributed by atoms with Gasteiger partial charge in [0.05, 0.1) is 6.61 Å². The van der Waals surface area contributed by atoms with Gasteiger partial charge < -0.3 is 19.7 Å². The van der Waals surface area contributed by atoms with Crippen molar-refractivity contribution in [2.45, 2.75) is 12.5 Å². The maximum atomic E-state index is 13.2. The van der Waals surface area contributed by atoms with E-state index in [0.717, 1.165) is 16.7 Å². The molecule has 1 N–H and O–H groups in total. The standard InChI is InChI=1S/C27H28N2O4/c1-32-17-18-33-24-13-11-23(12-14-24)27(31)29-16-15-28-26(30)25(29)19-20-7-9-22(10-8-20)21-5-3-2-4-6-21/h2-14,25H,15-19H2,1H3,(H,28,30). The summed E-state index contributed by atoms with van der Waals surface area (Å²) in [6.45, 7) is 1.87. The zero-order valence-electron chi connectivity index (χ0n) is 18.7. The molecular weight excluding hydrogens is 416 g/mol. The summed E-state index contributed by atoms with van der Waals surface area (Å²) in [6.07, 6.45) is 0.463. The Bertz CT molecular complexity index is 1070. The van der Waals surface area contributed by atoms with Gasteiger partial charge in [0.1, 0.15) is 18.4 Å². The monoisotopic (exact) mass is 444 g/mol. The lowest BCUT2D eigenvalue weighted by Gasteiger charge is -2.35. The van der Waals surface area contributed by atoms with E-state index in [4.69, 9.17) is 9.47 Å². The van der Waals surface area contributed by atoms with E-state index in [1.54, 1.807) is 36.3 Å². The molecule has 1 aliphatic rings. The van der Waals surface area contributed by atoms with Crippen molar-refractivity contribution in [2.75, 3.05) is 33.4 Å². The Balaban J connectivity index is 1.46. The van der Waals surface area contributed by atoms with Gasteiger partial charge in [0.15, 0.2) is 0 Å². The molecule has 1 fully saturated rings. The number of amides is 2. The fraction of sp³-hybridized carbons (Fsp3) is 0.259. The Labute approximate surface area is 194 Å². The number of piperazine rings is 1. The molecule has 3 aromatic rings. The Morgan fingerprint density at radius 3 is 2.33 bits per heavy atom.